The number of carboxylic acid groups (broad SMARTS) is 1. The van der Waals surface area contributed by atoms with E-state index in [2.05, 4.69) is 10.3 Å². The fraction of sp³-hybridized carbons (Fsp3) is 0.643. The summed E-state index contributed by atoms with van der Waals surface area (Å²) < 4.78 is 35.5. The molecule has 5 rings (SSSR count). The van der Waals surface area contributed by atoms with Crippen LogP contribution in [0.3, 0.4) is 0 Å². The lowest BCUT2D eigenvalue weighted by Gasteiger charge is -2.48. The van der Waals surface area contributed by atoms with Gasteiger partial charge in [0, 0.05) is 30.7 Å². The Bertz CT molecular complexity index is 1420. The van der Waals surface area contributed by atoms with Gasteiger partial charge in [0.05, 0.1) is 30.6 Å². The summed E-state index contributed by atoms with van der Waals surface area (Å²) in [6, 6.07) is 1.06. The van der Waals surface area contributed by atoms with Crippen molar-refractivity contribution in [3.8, 4) is 0 Å². The van der Waals surface area contributed by atoms with Gasteiger partial charge in [0.15, 0.2) is 17.4 Å². The minimum Gasteiger partial charge on any atom is -0.477 e. The highest BCUT2D eigenvalue weighted by Crippen LogP contribution is 2.48. The number of aromatic nitrogens is 2. The standard InChI is InChI=1S/C28H37FN4O7/c1-25(2,3)40-24(37)30-11-27(6)12-32(13-28(27)38-14-26(4,5)15-39-28)22-19(29)9-17-20(34)18(23(35)36)10-33(16-7-8-16)21(17)31-22/h9-10,16H,7-8,11-15H2,1-6H3,(H,30,37)(H,35,36). The summed E-state index contributed by atoms with van der Waals surface area (Å²) in [5.41, 5.74) is -2.69. The summed E-state index contributed by atoms with van der Waals surface area (Å²) in [6.45, 7) is 12.6. The number of pyridine rings is 2. The monoisotopic (exact) mass is 560 g/mol. The molecule has 1 saturated carbocycles. The second-order valence-corrected chi connectivity index (χ2v) is 13.2. The predicted molar refractivity (Wildman–Crippen MR) is 144 cm³/mol. The molecule has 2 N–H and O–H groups in total. The minimum atomic E-state index is -1.37. The molecule has 2 aromatic rings. The maximum Gasteiger partial charge on any atom is 0.407 e. The third kappa shape index (κ3) is 5.14. The van der Waals surface area contributed by atoms with E-state index in [-0.39, 0.29) is 47.9 Å². The molecule has 2 saturated heterocycles. The molecule has 12 heteroatoms. The van der Waals surface area contributed by atoms with Crippen LogP contribution in [0.5, 0.6) is 0 Å². The van der Waals surface area contributed by atoms with Gasteiger partial charge in [-0.25, -0.2) is 19.0 Å². The predicted octanol–water partition coefficient (Wildman–Crippen LogP) is 3.69. The van der Waals surface area contributed by atoms with Crippen molar-refractivity contribution < 1.29 is 33.3 Å². The average Bonchev–Trinajstić information content (AvgIpc) is 3.64. The van der Waals surface area contributed by atoms with E-state index in [1.165, 1.54) is 6.20 Å². The number of carboxylic acids is 1. The van der Waals surface area contributed by atoms with Gasteiger partial charge in [-0.2, -0.15) is 0 Å². The molecule has 40 heavy (non-hydrogen) atoms. The van der Waals surface area contributed by atoms with Crippen LogP contribution < -0.4 is 15.6 Å². The summed E-state index contributed by atoms with van der Waals surface area (Å²) in [5.74, 6) is -3.30. The zero-order valence-corrected chi connectivity index (χ0v) is 23.8. The van der Waals surface area contributed by atoms with E-state index in [1.54, 1.807) is 30.2 Å². The zero-order chi connectivity index (χ0) is 29.3. The molecule has 0 aromatic carbocycles. The fourth-order valence-corrected chi connectivity index (χ4v) is 5.35. The van der Waals surface area contributed by atoms with Crippen LogP contribution in [-0.4, -0.2) is 71.0 Å². The van der Waals surface area contributed by atoms with Gasteiger partial charge in [-0.15, -0.1) is 0 Å². The van der Waals surface area contributed by atoms with Gasteiger partial charge in [-0.3, -0.25) is 4.79 Å². The number of ether oxygens (including phenoxy) is 3. The quantitative estimate of drug-likeness (QED) is 0.562. The molecule has 218 valence electrons. The summed E-state index contributed by atoms with van der Waals surface area (Å²) in [4.78, 5) is 43.4. The van der Waals surface area contributed by atoms with E-state index in [1.807, 2.05) is 20.8 Å². The van der Waals surface area contributed by atoms with E-state index in [0.717, 1.165) is 18.9 Å². The molecule has 1 atom stereocenters. The van der Waals surface area contributed by atoms with Crippen LogP contribution in [0, 0.1) is 16.6 Å². The number of halogens is 1. The number of nitrogens with one attached hydrogen (secondary N) is 1. The van der Waals surface area contributed by atoms with Crippen LogP contribution in [0.1, 0.15) is 70.8 Å². The van der Waals surface area contributed by atoms with Crippen molar-refractivity contribution in [2.75, 3.05) is 37.7 Å². The van der Waals surface area contributed by atoms with Crippen LogP contribution >= 0.6 is 0 Å². The van der Waals surface area contributed by atoms with Crippen LogP contribution in [-0.2, 0) is 14.2 Å². The fourth-order valence-electron chi connectivity index (χ4n) is 5.35. The van der Waals surface area contributed by atoms with E-state index in [0.29, 0.717) is 13.2 Å². The first-order valence-electron chi connectivity index (χ1n) is 13.5. The minimum absolute atomic E-state index is 0.00165. The molecular weight excluding hydrogens is 523 g/mol. The highest BCUT2D eigenvalue weighted by molar-refractivity contribution is 5.92. The molecule has 1 unspecified atom stereocenters. The number of amides is 1. The Labute approximate surface area is 231 Å². The van der Waals surface area contributed by atoms with Crippen LogP contribution in [0.2, 0.25) is 0 Å². The van der Waals surface area contributed by atoms with Gasteiger partial charge >= 0.3 is 12.1 Å². The number of hydrogen-bond donors (Lipinski definition) is 2. The highest BCUT2D eigenvalue weighted by Gasteiger charge is 2.60. The lowest BCUT2D eigenvalue weighted by Crippen LogP contribution is -2.60. The van der Waals surface area contributed by atoms with Gasteiger partial charge in [0.1, 0.15) is 16.8 Å². The second-order valence-electron chi connectivity index (χ2n) is 13.2. The molecule has 2 aliphatic heterocycles. The normalized spacial score (nSPS) is 23.9. The first kappa shape index (κ1) is 28.3. The Balaban J connectivity index is 1.53. The van der Waals surface area contributed by atoms with Gasteiger partial charge in [0.2, 0.25) is 5.43 Å². The van der Waals surface area contributed by atoms with Crippen molar-refractivity contribution in [1.82, 2.24) is 14.9 Å². The maximum atomic E-state index is 15.7. The average molecular weight is 561 g/mol. The van der Waals surface area contributed by atoms with E-state index < -0.39 is 45.7 Å². The Kier molecular flexibility index (Phi) is 6.65. The SMILES string of the molecule is CC1(C)COC2(CN(c3nc4c(cc3F)c(=O)c(C(=O)O)cn4C3CC3)CC2(C)CNC(=O)OC(C)(C)C)OC1. The van der Waals surface area contributed by atoms with Gasteiger partial charge in [-0.1, -0.05) is 20.8 Å². The van der Waals surface area contributed by atoms with Crippen molar-refractivity contribution in [3.63, 3.8) is 0 Å². The molecule has 3 aliphatic rings. The number of fused-ring (bicyclic) bond motifs is 1. The van der Waals surface area contributed by atoms with Crippen molar-refractivity contribution in [1.29, 1.82) is 0 Å². The number of alkyl carbamates (subject to hydrolysis) is 1. The number of rotatable bonds is 5. The third-order valence-corrected chi connectivity index (χ3v) is 7.68. The topological polar surface area (TPSA) is 132 Å². The lowest BCUT2D eigenvalue weighted by atomic mass is 9.82. The smallest absolute Gasteiger partial charge is 0.407 e. The number of anilines is 1. The van der Waals surface area contributed by atoms with E-state index in [4.69, 9.17) is 14.2 Å². The molecule has 3 fully saturated rings. The number of hydrogen-bond acceptors (Lipinski definition) is 8. The summed E-state index contributed by atoms with van der Waals surface area (Å²) in [6.07, 6.45) is 2.33. The number of aromatic carboxylic acids is 1. The van der Waals surface area contributed by atoms with Crippen molar-refractivity contribution in [2.45, 2.75) is 71.8 Å². The second kappa shape index (κ2) is 9.41. The third-order valence-electron chi connectivity index (χ3n) is 7.68. The molecule has 1 amide bonds. The van der Waals surface area contributed by atoms with Gasteiger partial charge in [-0.05, 0) is 39.7 Å². The van der Waals surface area contributed by atoms with Crippen molar-refractivity contribution >= 4 is 28.9 Å². The Hall–Kier alpha value is -3.25. The molecule has 0 bridgehead atoms. The van der Waals surface area contributed by atoms with Crippen molar-refractivity contribution in [2.24, 2.45) is 10.8 Å². The molecular formula is C28H37FN4O7. The van der Waals surface area contributed by atoms with E-state index >= 15 is 4.39 Å². The Morgan fingerprint density at radius 3 is 2.42 bits per heavy atom. The summed E-state index contributed by atoms with van der Waals surface area (Å²) in [5, 5.41) is 12.3. The number of carbonyl (C=O) groups is 2. The highest BCUT2D eigenvalue weighted by atomic mass is 19.1. The van der Waals surface area contributed by atoms with Crippen molar-refractivity contribution in [3.05, 3.63) is 33.9 Å². The molecule has 2 aromatic heterocycles. The first-order valence-corrected chi connectivity index (χ1v) is 13.5. The van der Waals surface area contributed by atoms with Crippen LogP contribution in [0.25, 0.3) is 11.0 Å². The van der Waals surface area contributed by atoms with E-state index in [9.17, 15) is 19.5 Å². The number of nitrogens with zero attached hydrogens (tertiary/aromatic N) is 3. The number of carbonyl (C=O) groups excluding carboxylic acids is 1. The van der Waals surface area contributed by atoms with Gasteiger partial charge < -0.3 is 34.1 Å². The molecule has 4 heterocycles. The Morgan fingerprint density at radius 2 is 1.85 bits per heavy atom. The molecule has 0 radical (unpaired) electrons. The lowest BCUT2D eigenvalue weighted by molar-refractivity contribution is -0.325. The van der Waals surface area contributed by atoms with Crippen LogP contribution in [0.4, 0.5) is 15.0 Å². The summed E-state index contributed by atoms with van der Waals surface area (Å²) in [7, 11) is 0. The molecule has 11 nitrogen and oxygen atoms in total. The zero-order valence-electron chi connectivity index (χ0n) is 23.8. The maximum absolute atomic E-state index is 15.7. The first-order chi connectivity index (χ1) is 18.5. The van der Waals surface area contributed by atoms with Crippen LogP contribution in [0.15, 0.2) is 17.1 Å². The molecule has 1 spiro atoms. The Morgan fingerprint density at radius 1 is 1.20 bits per heavy atom. The summed E-state index contributed by atoms with van der Waals surface area (Å²) >= 11 is 0. The molecule has 1 aliphatic carbocycles. The van der Waals surface area contributed by atoms with Gasteiger partial charge in [0.25, 0.3) is 0 Å². The largest absolute Gasteiger partial charge is 0.477 e.